The van der Waals surface area contributed by atoms with Crippen LogP contribution >= 0.6 is 0 Å². The molecule has 0 rings (SSSR count). The zero-order chi connectivity index (χ0) is 8.69. The monoisotopic (exact) mass is 158 g/mol. The van der Waals surface area contributed by atoms with E-state index in [-0.39, 0.29) is 12.2 Å². The van der Waals surface area contributed by atoms with Crippen LogP contribution in [0.5, 0.6) is 0 Å². The van der Waals surface area contributed by atoms with Crippen molar-refractivity contribution in [1.29, 1.82) is 0 Å². The summed E-state index contributed by atoms with van der Waals surface area (Å²) in [6.45, 7) is 5.48. The summed E-state index contributed by atoms with van der Waals surface area (Å²) in [6, 6.07) is 0. The number of unbranched alkanes of at least 4 members (excludes halogenated alkanes) is 1. The van der Waals surface area contributed by atoms with Crippen molar-refractivity contribution < 1.29 is 9.84 Å². The van der Waals surface area contributed by atoms with E-state index in [0.29, 0.717) is 0 Å². The largest absolute Gasteiger partial charge is 0.390 e. The van der Waals surface area contributed by atoms with Crippen LogP contribution < -0.4 is 0 Å². The topological polar surface area (TPSA) is 29.5 Å². The molecule has 0 aromatic carbocycles. The Kier molecular flexibility index (Phi) is 6.18. The molecular formula is C9H18O2. The summed E-state index contributed by atoms with van der Waals surface area (Å²) in [5, 5.41) is 9.39. The molecule has 11 heavy (non-hydrogen) atoms. The minimum absolute atomic E-state index is 0.0557. The van der Waals surface area contributed by atoms with E-state index < -0.39 is 0 Å². The minimum atomic E-state index is -0.333. The molecule has 0 radical (unpaired) electrons. The van der Waals surface area contributed by atoms with Crippen molar-refractivity contribution in [1.82, 2.24) is 0 Å². The second-order valence-corrected chi connectivity index (χ2v) is 2.73. The molecule has 0 spiro atoms. The molecule has 0 aromatic heterocycles. The second kappa shape index (κ2) is 6.38. The highest BCUT2D eigenvalue weighted by molar-refractivity contribution is 4.69. The lowest BCUT2D eigenvalue weighted by Crippen LogP contribution is -2.24. The molecule has 2 atom stereocenters. The standard InChI is InChI=1S/C9H18O2/c1-4-5-6-7-9(10)8(2)11-3/h4,8-10H,1,5-7H2,2-3H3. The van der Waals surface area contributed by atoms with E-state index in [2.05, 4.69) is 6.58 Å². The number of hydrogen-bond acceptors (Lipinski definition) is 2. The van der Waals surface area contributed by atoms with Crippen molar-refractivity contribution in [3.63, 3.8) is 0 Å². The van der Waals surface area contributed by atoms with Crippen molar-refractivity contribution >= 4 is 0 Å². The van der Waals surface area contributed by atoms with Crippen molar-refractivity contribution in [3.8, 4) is 0 Å². The molecule has 0 aliphatic carbocycles. The van der Waals surface area contributed by atoms with Gasteiger partial charge in [-0.15, -0.1) is 6.58 Å². The smallest absolute Gasteiger partial charge is 0.0802 e. The lowest BCUT2D eigenvalue weighted by Gasteiger charge is -2.16. The van der Waals surface area contributed by atoms with Crippen molar-refractivity contribution in [2.75, 3.05) is 7.11 Å². The summed E-state index contributed by atoms with van der Waals surface area (Å²) in [6.07, 6.45) is 4.22. The van der Waals surface area contributed by atoms with Gasteiger partial charge < -0.3 is 9.84 Å². The molecule has 0 aromatic rings. The maximum absolute atomic E-state index is 9.39. The third kappa shape index (κ3) is 4.99. The first-order valence-corrected chi connectivity index (χ1v) is 4.04. The third-order valence-electron chi connectivity index (χ3n) is 1.82. The Morgan fingerprint density at radius 1 is 1.64 bits per heavy atom. The fourth-order valence-corrected chi connectivity index (χ4v) is 0.863. The number of aliphatic hydroxyl groups excluding tert-OH is 1. The lowest BCUT2D eigenvalue weighted by atomic mass is 10.1. The molecule has 0 aliphatic heterocycles. The normalized spacial score (nSPS) is 15.9. The van der Waals surface area contributed by atoms with E-state index in [1.165, 1.54) is 0 Å². The maximum atomic E-state index is 9.39. The molecule has 0 saturated heterocycles. The zero-order valence-corrected chi connectivity index (χ0v) is 7.42. The van der Waals surface area contributed by atoms with Gasteiger partial charge in [0.05, 0.1) is 12.2 Å². The molecule has 2 unspecified atom stereocenters. The highest BCUT2D eigenvalue weighted by Gasteiger charge is 2.11. The maximum Gasteiger partial charge on any atom is 0.0802 e. The van der Waals surface area contributed by atoms with Gasteiger partial charge in [-0.25, -0.2) is 0 Å². The number of methoxy groups -OCH3 is 1. The first kappa shape index (κ1) is 10.7. The van der Waals surface area contributed by atoms with Crippen LogP contribution in [0.4, 0.5) is 0 Å². The fraction of sp³-hybridized carbons (Fsp3) is 0.778. The Balaban J connectivity index is 3.34. The van der Waals surface area contributed by atoms with Crippen molar-refractivity contribution in [2.24, 2.45) is 0 Å². The van der Waals surface area contributed by atoms with Crippen LogP contribution in [-0.4, -0.2) is 24.4 Å². The van der Waals surface area contributed by atoms with Gasteiger partial charge in [-0.2, -0.15) is 0 Å². The Hall–Kier alpha value is -0.340. The number of aliphatic hydroxyl groups is 1. The van der Waals surface area contributed by atoms with Gasteiger partial charge in [0.15, 0.2) is 0 Å². The van der Waals surface area contributed by atoms with E-state index >= 15 is 0 Å². The van der Waals surface area contributed by atoms with E-state index in [1.54, 1.807) is 7.11 Å². The van der Waals surface area contributed by atoms with Gasteiger partial charge in [0.25, 0.3) is 0 Å². The zero-order valence-electron chi connectivity index (χ0n) is 7.42. The van der Waals surface area contributed by atoms with Crippen LogP contribution in [0.1, 0.15) is 26.2 Å². The van der Waals surface area contributed by atoms with Gasteiger partial charge >= 0.3 is 0 Å². The van der Waals surface area contributed by atoms with Gasteiger partial charge in [0.2, 0.25) is 0 Å². The van der Waals surface area contributed by atoms with Crippen LogP contribution in [0.3, 0.4) is 0 Å². The Morgan fingerprint density at radius 2 is 2.27 bits per heavy atom. The van der Waals surface area contributed by atoms with E-state index in [9.17, 15) is 5.11 Å². The Morgan fingerprint density at radius 3 is 2.73 bits per heavy atom. The van der Waals surface area contributed by atoms with Crippen LogP contribution in [-0.2, 0) is 4.74 Å². The van der Waals surface area contributed by atoms with Crippen LogP contribution in [0.15, 0.2) is 12.7 Å². The van der Waals surface area contributed by atoms with Gasteiger partial charge in [-0.1, -0.05) is 6.08 Å². The van der Waals surface area contributed by atoms with Crippen LogP contribution in [0.25, 0.3) is 0 Å². The summed E-state index contributed by atoms with van der Waals surface area (Å²) in [4.78, 5) is 0. The minimum Gasteiger partial charge on any atom is -0.390 e. The van der Waals surface area contributed by atoms with Crippen molar-refractivity contribution in [2.45, 2.75) is 38.4 Å². The number of hydrogen-bond donors (Lipinski definition) is 1. The second-order valence-electron chi connectivity index (χ2n) is 2.73. The van der Waals surface area contributed by atoms with Crippen LogP contribution in [0, 0.1) is 0 Å². The molecule has 2 nitrogen and oxygen atoms in total. The molecule has 1 N–H and O–H groups in total. The van der Waals surface area contributed by atoms with Crippen molar-refractivity contribution in [3.05, 3.63) is 12.7 Å². The van der Waals surface area contributed by atoms with Gasteiger partial charge in [0.1, 0.15) is 0 Å². The van der Waals surface area contributed by atoms with Gasteiger partial charge in [-0.3, -0.25) is 0 Å². The summed E-state index contributed by atoms with van der Waals surface area (Å²) in [7, 11) is 1.61. The molecule has 0 bridgehead atoms. The Bertz CT molecular complexity index is 102. The summed E-state index contributed by atoms with van der Waals surface area (Å²) < 4.78 is 4.97. The van der Waals surface area contributed by atoms with Gasteiger partial charge in [0, 0.05) is 7.11 Å². The van der Waals surface area contributed by atoms with E-state index in [4.69, 9.17) is 4.74 Å². The average Bonchev–Trinajstić information content (AvgIpc) is 2.03. The SMILES string of the molecule is C=CCCCC(O)C(C)OC. The number of allylic oxidation sites excluding steroid dienone is 1. The quantitative estimate of drug-likeness (QED) is 0.471. The molecule has 66 valence electrons. The molecule has 0 saturated carbocycles. The highest BCUT2D eigenvalue weighted by Crippen LogP contribution is 2.06. The predicted octanol–water partition coefficient (Wildman–Crippen LogP) is 1.74. The first-order valence-electron chi connectivity index (χ1n) is 4.04. The van der Waals surface area contributed by atoms with E-state index in [1.807, 2.05) is 13.0 Å². The molecule has 0 aliphatic rings. The molecule has 0 amide bonds. The summed E-state index contributed by atoms with van der Waals surface area (Å²) >= 11 is 0. The number of ether oxygens (including phenoxy) is 1. The molecule has 0 fully saturated rings. The highest BCUT2D eigenvalue weighted by atomic mass is 16.5. The summed E-state index contributed by atoms with van der Waals surface area (Å²) in [5.41, 5.74) is 0. The van der Waals surface area contributed by atoms with E-state index in [0.717, 1.165) is 19.3 Å². The van der Waals surface area contributed by atoms with Crippen LogP contribution in [0.2, 0.25) is 0 Å². The predicted molar refractivity (Wildman–Crippen MR) is 46.5 cm³/mol. The first-order chi connectivity index (χ1) is 5.22. The number of rotatable bonds is 6. The summed E-state index contributed by atoms with van der Waals surface area (Å²) in [5.74, 6) is 0. The van der Waals surface area contributed by atoms with Gasteiger partial charge in [-0.05, 0) is 26.2 Å². The molecule has 0 heterocycles. The lowest BCUT2D eigenvalue weighted by molar-refractivity contribution is -0.00489. The average molecular weight is 158 g/mol. The molecule has 2 heteroatoms. The third-order valence-corrected chi connectivity index (χ3v) is 1.82. The Labute approximate surface area is 68.9 Å². The molecular weight excluding hydrogens is 140 g/mol. The fourth-order valence-electron chi connectivity index (χ4n) is 0.863.